The molecule has 5 nitrogen and oxygen atoms in total. The third kappa shape index (κ3) is 3.46. The van der Waals surface area contributed by atoms with Crippen LogP contribution in [0.1, 0.15) is 55.3 Å². The second-order valence-corrected chi connectivity index (χ2v) is 9.35. The summed E-state index contributed by atoms with van der Waals surface area (Å²) in [7, 11) is 4.47. The van der Waals surface area contributed by atoms with E-state index in [9.17, 15) is 4.79 Å². The Morgan fingerprint density at radius 3 is 2.43 bits per heavy atom. The lowest BCUT2D eigenvalue weighted by atomic mass is 9.78. The third-order valence-electron chi connectivity index (χ3n) is 7.70. The molecule has 0 N–H and O–H groups in total. The van der Waals surface area contributed by atoms with Gasteiger partial charge in [-0.25, -0.2) is 9.15 Å². The molecule has 1 aliphatic carbocycles. The summed E-state index contributed by atoms with van der Waals surface area (Å²) in [5, 5.41) is 0. The van der Waals surface area contributed by atoms with E-state index in [0.717, 1.165) is 63.7 Å². The van der Waals surface area contributed by atoms with Crippen LogP contribution < -0.4 is 0 Å². The first-order valence-electron chi connectivity index (χ1n) is 11.7. The Bertz CT molecular complexity index is 864. The molecule has 2 saturated heterocycles. The summed E-state index contributed by atoms with van der Waals surface area (Å²) in [6, 6.07) is 10.3. The van der Waals surface area contributed by atoms with E-state index in [1.807, 2.05) is 30.3 Å². The molecule has 0 radical (unpaired) electrons. The standard InChI is InChI=1S/C25H34N2O3/c1-26-19-13-12-18(25(28)17-8-4-3-5-9-17)16-20(19)27(2)24(22-11-7-15-30-22)23(26)21-10-6-14-29-21/h3-5,8-9,18,20-23H,6-7,10-16H2,1-2H3/q+2. The van der Waals surface area contributed by atoms with Crippen LogP contribution in [0.2, 0.25) is 0 Å². The van der Waals surface area contributed by atoms with E-state index in [-0.39, 0.29) is 30.2 Å². The SMILES string of the molecule is C[N+]1=C(C2CCCO2)C(C2CCCO2)[N+](C)=C2CCC(C(=O)c3ccccc3)CC21. The van der Waals surface area contributed by atoms with Gasteiger partial charge >= 0.3 is 0 Å². The van der Waals surface area contributed by atoms with Crippen molar-refractivity contribution in [2.75, 3.05) is 27.3 Å². The quantitative estimate of drug-likeness (QED) is 0.566. The van der Waals surface area contributed by atoms with Crippen LogP contribution in [-0.4, -0.2) is 78.0 Å². The van der Waals surface area contributed by atoms with Crippen LogP contribution in [0.5, 0.6) is 0 Å². The fraction of sp³-hybridized carbons (Fsp3) is 0.640. The van der Waals surface area contributed by atoms with E-state index in [1.165, 1.54) is 11.4 Å². The summed E-state index contributed by atoms with van der Waals surface area (Å²) >= 11 is 0. The van der Waals surface area contributed by atoms with Crippen LogP contribution in [0, 0.1) is 5.92 Å². The Kier molecular flexibility index (Phi) is 5.59. The predicted molar refractivity (Wildman–Crippen MR) is 116 cm³/mol. The van der Waals surface area contributed by atoms with Gasteiger partial charge in [-0.15, -0.1) is 0 Å². The van der Waals surface area contributed by atoms with Gasteiger partial charge in [0.2, 0.25) is 11.8 Å². The normalized spacial score (nSPS) is 34.4. The van der Waals surface area contributed by atoms with E-state index in [4.69, 9.17) is 9.47 Å². The number of carbonyl (C=O) groups is 1. The average Bonchev–Trinajstić information content (AvgIpc) is 3.50. The number of nitrogens with zero attached hydrogens (tertiary/aromatic N) is 2. The van der Waals surface area contributed by atoms with E-state index in [1.54, 1.807) is 0 Å². The monoisotopic (exact) mass is 410 g/mol. The number of Topliss-reactive ketones (excluding diaryl/α,β-unsaturated/α-hetero) is 1. The summed E-state index contributed by atoms with van der Waals surface area (Å²) in [5.74, 6) is 0.382. The molecule has 4 aliphatic rings. The Morgan fingerprint density at radius 1 is 0.967 bits per heavy atom. The van der Waals surface area contributed by atoms with Crippen molar-refractivity contribution in [3.8, 4) is 0 Å². The molecule has 0 aromatic heterocycles. The van der Waals surface area contributed by atoms with Gasteiger partial charge in [0.25, 0.3) is 11.8 Å². The minimum absolute atomic E-state index is 0.0852. The molecular weight excluding hydrogens is 376 g/mol. The average molecular weight is 411 g/mol. The molecule has 1 aromatic carbocycles. The number of hydrogen-bond acceptors (Lipinski definition) is 3. The highest BCUT2D eigenvalue weighted by atomic mass is 16.5. The molecule has 30 heavy (non-hydrogen) atoms. The number of carbonyl (C=O) groups excluding carboxylic acids is 1. The lowest BCUT2D eigenvalue weighted by Gasteiger charge is -2.34. The Labute approximate surface area is 179 Å². The molecule has 160 valence electrons. The van der Waals surface area contributed by atoms with Crippen molar-refractivity contribution in [3.05, 3.63) is 35.9 Å². The maximum atomic E-state index is 13.2. The van der Waals surface area contributed by atoms with E-state index >= 15 is 0 Å². The van der Waals surface area contributed by atoms with Gasteiger partial charge in [-0.05, 0) is 32.1 Å². The van der Waals surface area contributed by atoms with Crippen molar-refractivity contribution in [1.29, 1.82) is 0 Å². The van der Waals surface area contributed by atoms with Crippen LogP contribution in [0.4, 0.5) is 0 Å². The molecular formula is C25H34N2O3+2. The number of hydrogen-bond donors (Lipinski definition) is 0. The summed E-state index contributed by atoms with van der Waals surface area (Å²) in [5.41, 5.74) is 3.69. The van der Waals surface area contributed by atoms with Gasteiger partial charge < -0.3 is 9.47 Å². The first kappa shape index (κ1) is 20.1. The Morgan fingerprint density at radius 2 is 1.73 bits per heavy atom. The van der Waals surface area contributed by atoms with E-state index < -0.39 is 0 Å². The molecule has 5 atom stereocenters. The number of ether oxygens (including phenoxy) is 2. The minimum atomic E-state index is 0.0852. The molecule has 0 spiro atoms. The smallest absolute Gasteiger partial charge is 0.259 e. The second kappa shape index (κ2) is 8.35. The molecule has 3 fully saturated rings. The van der Waals surface area contributed by atoms with Gasteiger partial charge in [0.15, 0.2) is 5.78 Å². The molecule has 5 rings (SSSR count). The van der Waals surface area contributed by atoms with Gasteiger partial charge in [0.1, 0.15) is 26.3 Å². The zero-order valence-electron chi connectivity index (χ0n) is 18.3. The molecule has 0 amide bonds. The number of benzene rings is 1. The molecule has 5 unspecified atom stereocenters. The van der Waals surface area contributed by atoms with Gasteiger partial charge in [-0.1, -0.05) is 30.3 Å². The van der Waals surface area contributed by atoms with Crippen molar-refractivity contribution in [3.63, 3.8) is 0 Å². The van der Waals surface area contributed by atoms with Crippen LogP contribution in [0.25, 0.3) is 0 Å². The zero-order valence-corrected chi connectivity index (χ0v) is 18.3. The lowest BCUT2D eigenvalue weighted by Crippen LogP contribution is -2.61. The first-order chi connectivity index (χ1) is 14.6. The molecule has 1 aromatic rings. The summed E-state index contributed by atoms with van der Waals surface area (Å²) in [4.78, 5) is 13.2. The predicted octanol–water partition coefficient (Wildman–Crippen LogP) is 2.94. The van der Waals surface area contributed by atoms with Crippen molar-refractivity contribution in [2.45, 2.75) is 69.2 Å². The molecule has 3 aliphatic heterocycles. The van der Waals surface area contributed by atoms with Crippen LogP contribution in [-0.2, 0) is 9.47 Å². The summed E-state index contributed by atoms with van der Waals surface area (Å²) in [6.07, 6.45) is 7.70. The van der Waals surface area contributed by atoms with Gasteiger partial charge in [0.05, 0.1) is 0 Å². The summed E-state index contributed by atoms with van der Waals surface area (Å²) < 4.78 is 17.3. The number of rotatable bonds is 4. The van der Waals surface area contributed by atoms with Gasteiger partial charge in [0, 0.05) is 37.5 Å². The molecule has 0 bridgehead atoms. The van der Waals surface area contributed by atoms with Crippen molar-refractivity contribution in [1.82, 2.24) is 0 Å². The maximum absolute atomic E-state index is 13.2. The van der Waals surface area contributed by atoms with Crippen LogP contribution >= 0.6 is 0 Å². The Balaban J connectivity index is 1.48. The second-order valence-electron chi connectivity index (χ2n) is 9.35. The van der Waals surface area contributed by atoms with E-state index in [2.05, 4.69) is 23.2 Å². The number of fused-ring (bicyclic) bond motifs is 1. The largest absolute Gasteiger partial charge is 0.371 e. The topological polar surface area (TPSA) is 41.5 Å². The Hall–Kier alpha value is -1.85. The molecule has 5 heteroatoms. The van der Waals surface area contributed by atoms with Gasteiger partial charge in [-0.3, -0.25) is 4.79 Å². The molecule has 3 heterocycles. The zero-order chi connectivity index (χ0) is 20.7. The number of ketones is 1. The highest BCUT2D eigenvalue weighted by Gasteiger charge is 2.55. The van der Waals surface area contributed by atoms with Crippen molar-refractivity contribution >= 4 is 17.2 Å². The lowest BCUT2D eigenvalue weighted by molar-refractivity contribution is -0.605. The van der Waals surface area contributed by atoms with E-state index in [0.29, 0.717) is 5.78 Å². The maximum Gasteiger partial charge on any atom is 0.259 e. The van der Waals surface area contributed by atoms with Crippen molar-refractivity contribution < 1.29 is 23.4 Å². The first-order valence-corrected chi connectivity index (χ1v) is 11.7. The number of likely N-dealkylation sites (N-methyl/N-ethyl adjacent to an activating group) is 1. The van der Waals surface area contributed by atoms with Gasteiger partial charge in [-0.2, -0.15) is 0 Å². The summed E-state index contributed by atoms with van der Waals surface area (Å²) in [6.45, 7) is 1.71. The van der Waals surface area contributed by atoms with Crippen LogP contribution in [0.15, 0.2) is 30.3 Å². The van der Waals surface area contributed by atoms with Crippen LogP contribution in [0.3, 0.4) is 0 Å². The molecule has 1 saturated carbocycles. The fourth-order valence-corrected chi connectivity index (χ4v) is 6.17. The highest BCUT2D eigenvalue weighted by molar-refractivity contribution is 6.00. The van der Waals surface area contributed by atoms with Crippen molar-refractivity contribution in [2.24, 2.45) is 5.92 Å². The minimum Gasteiger partial charge on any atom is -0.371 e. The highest BCUT2D eigenvalue weighted by Crippen LogP contribution is 2.33. The fourth-order valence-electron chi connectivity index (χ4n) is 6.17. The third-order valence-corrected chi connectivity index (χ3v) is 7.70.